The molecule has 0 aromatic heterocycles. The largest absolute Gasteiger partial charge is 0.466 e. The van der Waals surface area contributed by atoms with Crippen LogP contribution in [-0.2, 0) is 9.53 Å². The summed E-state index contributed by atoms with van der Waals surface area (Å²) >= 11 is 0. The molecule has 1 aromatic carbocycles. The third-order valence-electron chi connectivity index (χ3n) is 2.59. The lowest BCUT2D eigenvalue weighted by Gasteiger charge is -2.07. The Labute approximate surface area is 105 Å². The smallest absolute Gasteiger partial charge is 0.330 e. The maximum absolute atomic E-state index is 11.5. The van der Waals surface area contributed by atoms with Crippen molar-refractivity contribution in [3.63, 3.8) is 0 Å². The minimum atomic E-state index is -0.564. The Morgan fingerprint density at radius 2 is 2.06 bits per heavy atom. The second-order valence-electron chi connectivity index (χ2n) is 3.92. The van der Waals surface area contributed by atoms with E-state index in [0.29, 0.717) is 0 Å². The van der Waals surface area contributed by atoms with Crippen LogP contribution in [0.15, 0.2) is 36.4 Å². The van der Waals surface area contributed by atoms with Crippen molar-refractivity contribution >= 4 is 11.5 Å². The molecule has 2 nitrogen and oxygen atoms in total. The monoisotopic (exact) mass is 233 g/mol. The van der Waals surface area contributed by atoms with Crippen LogP contribution in [0.3, 0.4) is 0 Å². The van der Waals surface area contributed by atoms with Gasteiger partial charge in [0, 0.05) is 6.05 Å². The molecular formula is C15H20O2. The summed E-state index contributed by atoms with van der Waals surface area (Å²) in [5.41, 5.74) is 1.71. The first kappa shape index (κ1) is 11.9. The van der Waals surface area contributed by atoms with Crippen molar-refractivity contribution in [2.75, 3.05) is 7.11 Å². The van der Waals surface area contributed by atoms with Crippen LogP contribution in [0.4, 0.5) is 0 Å². The third-order valence-corrected chi connectivity index (χ3v) is 2.59. The number of benzene rings is 1. The first-order valence-electron chi connectivity index (χ1n) is 6.54. The molecule has 0 amide bonds. The zero-order chi connectivity index (χ0) is 13.4. The molecule has 92 valence electrons. The summed E-state index contributed by atoms with van der Waals surface area (Å²) in [6, 6.07) is 9.59. The van der Waals surface area contributed by atoms with Crippen LogP contribution in [0.5, 0.6) is 0 Å². The van der Waals surface area contributed by atoms with Crippen LogP contribution in [0.25, 0.3) is 5.57 Å². The zero-order valence-corrected chi connectivity index (χ0v) is 10.5. The van der Waals surface area contributed by atoms with Gasteiger partial charge in [0.05, 0.1) is 8.48 Å². The quantitative estimate of drug-likeness (QED) is 0.424. The molecule has 1 rings (SSSR count). The van der Waals surface area contributed by atoms with E-state index in [4.69, 9.17) is 1.37 Å². The van der Waals surface area contributed by atoms with E-state index in [0.717, 1.165) is 36.8 Å². The highest BCUT2D eigenvalue weighted by Crippen LogP contribution is 2.21. The van der Waals surface area contributed by atoms with Gasteiger partial charge in [-0.05, 0) is 24.0 Å². The number of carbonyl (C=O) groups is 1. The van der Waals surface area contributed by atoms with Gasteiger partial charge in [-0.15, -0.1) is 0 Å². The molecule has 0 aliphatic heterocycles. The number of rotatable bonds is 6. The Morgan fingerprint density at radius 1 is 1.35 bits per heavy atom. The molecule has 1 aromatic rings. The summed E-state index contributed by atoms with van der Waals surface area (Å²) in [6.45, 7) is 2.13. The van der Waals surface area contributed by atoms with Crippen LogP contribution >= 0.6 is 0 Å². The molecule has 0 N–H and O–H groups in total. The molecule has 0 saturated carbocycles. The predicted molar refractivity (Wildman–Crippen MR) is 70.6 cm³/mol. The average Bonchev–Trinajstić information content (AvgIpc) is 2.43. The molecule has 17 heavy (non-hydrogen) atoms. The first-order valence-corrected chi connectivity index (χ1v) is 6.04. The average molecular weight is 233 g/mol. The minimum absolute atomic E-state index is 0.0280. The summed E-state index contributed by atoms with van der Waals surface area (Å²) in [7, 11) is 1.31. The van der Waals surface area contributed by atoms with E-state index in [1.807, 2.05) is 30.3 Å². The van der Waals surface area contributed by atoms with Gasteiger partial charge in [-0.25, -0.2) is 4.79 Å². The molecule has 0 fully saturated rings. The molecule has 0 aliphatic carbocycles. The lowest BCUT2D eigenvalue weighted by atomic mass is 9.99. The number of methoxy groups -OCH3 is 1. The molecular weight excluding hydrogens is 212 g/mol. The zero-order valence-electron chi connectivity index (χ0n) is 11.5. The summed E-state index contributed by atoms with van der Waals surface area (Å²) in [6.07, 6.45) is 3.95. The van der Waals surface area contributed by atoms with Crippen molar-refractivity contribution < 1.29 is 10.9 Å². The maximum atomic E-state index is 11.5. The van der Waals surface area contributed by atoms with Gasteiger partial charge in [-0.3, -0.25) is 0 Å². The molecule has 0 atom stereocenters. The van der Waals surface area contributed by atoms with E-state index in [1.54, 1.807) is 0 Å². The SMILES string of the molecule is [2H]/C(C(=O)OC)=C(/CCCCC)c1ccccc1. The van der Waals surface area contributed by atoms with Gasteiger partial charge in [0.1, 0.15) is 0 Å². The van der Waals surface area contributed by atoms with Gasteiger partial charge in [-0.1, -0.05) is 50.1 Å². The van der Waals surface area contributed by atoms with E-state index in [1.165, 1.54) is 7.11 Å². The Kier molecular flexibility index (Phi) is 5.36. The number of unbranched alkanes of at least 4 members (excludes halogenated alkanes) is 2. The molecule has 0 aliphatic rings. The fourth-order valence-electron chi connectivity index (χ4n) is 1.64. The van der Waals surface area contributed by atoms with Crippen LogP contribution < -0.4 is 0 Å². The number of esters is 1. The number of hydrogen-bond donors (Lipinski definition) is 0. The van der Waals surface area contributed by atoms with E-state index in [2.05, 4.69) is 11.7 Å². The maximum Gasteiger partial charge on any atom is 0.330 e. The van der Waals surface area contributed by atoms with Crippen molar-refractivity contribution in [1.82, 2.24) is 0 Å². The molecule has 0 spiro atoms. The van der Waals surface area contributed by atoms with Crippen LogP contribution in [-0.4, -0.2) is 13.1 Å². The van der Waals surface area contributed by atoms with Crippen LogP contribution in [0.2, 0.25) is 0 Å². The van der Waals surface area contributed by atoms with Crippen molar-refractivity contribution in [3.8, 4) is 0 Å². The topological polar surface area (TPSA) is 26.3 Å². The van der Waals surface area contributed by atoms with Gasteiger partial charge >= 0.3 is 5.97 Å². The highest BCUT2D eigenvalue weighted by molar-refractivity contribution is 5.91. The summed E-state index contributed by atoms with van der Waals surface area (Å²) in [5, 5.41) is 0. The highest BCUT2D eigenvalue weighted by Gasteiger charge is 2.04. The fourth-order valence-corrected chi connectivity index (χ4v) is 1.64. The number of allylic oxidation sites excluding steroid dienone is 1. The molecule has 0 unspecified atom stereocenters. The van der Waals surface area contributed by atoms with Gasteiger partial charge in [-0.2, -0.15) is 0 Å². The van der Waals surface area contributed by atoms with E-state index in [-0.39, 0.29) is 6.05 Å². The molecule has 0 radical (unpaired) electrons. The van der Waals surface area contributed by atoms with Gasteiger partial charge in [0.25, 0.3) is 0 Å². The number of hydrogen-bond acceptors (Lipinski definition) is 2. The Hall–Kier alpha value is -1.57. The van der Waals surface area contributed by atoms with Crippen molar-refractivity contribution in [2.24, 2.45) is 0 Å². The van der Waals surface area contributed by atoms with Gasteiger partial charge in [0.2, 0.25) is 0 Å². The number of carbonyl (C=O) groups excluding carboxylic acids is 1. The Bertz CT molecular complexity index is 410. The van der Waals surface area contributed by atoms with Crippen molar-refractivity contribution in [1.29, 1.82) is 0 Å². The fraction of sp³-hybridized carbons (Fsp3) is 0.400. The number of ether oxygens (including phenoxy) is 1. The summed E-state index contributed by atoms with van der Waals surface area (Å²) in [4.78, 5) is 11.5. The first-order chi connectivity index (χ1) is 8.70. The van der Waals surface area contributed by atoms with Gasteiger partial charge in [0.15, 0.2) is 0 Å². The normalized spacial score (nSPS) is 12.7. The van der Waals surface area contributed by atoms with Crippen molar-refractivity contribution in [3.05, 3.63) is 41.9 Å². The molecule has 0 heterocycles. The standard InChI is InChI=1S/C15H20O2/c1-3-4-6-11-14(12-15(16)17-2)13-9-7-5-8-10-13/h5,7-10,12H,3-4,6,11H2,1-2H3/b14-12+/i12D. The minimum Gasteiger partial charge on any atom is -0.466 e. The molecule has 0 bridgehead atoms. The third kappa shape index (κ3) is 4.85. The highest BCUT2D eigenvalue weighted by atomic mass is 16.5. The predicted octanol–water partition coefficient (Wildman–Crippen LogP) is 3.82. The van der Waals surface area contributed by atoms with Gasteiger partial charge < -0.3 is 4.74 Å². The van der Waals surface area contributed by atoms with E-state index in [9.17, 15) is 4.79 Å². The summed E-state index contributed by atoms with van der Waals surface area (Å²) in [5.74, 6) is -0.564. The molecule has 0 saturated heterocycles. The van der Waals surface area contributed by atoms with Crippen LogP contribution in [0, 0.1) is 0 Å². The lowest BCUT2D eigenvalue weighted by molar-refractivity contribution is -0.134. The molecule has 2 heteroatoms. The second kappa shape index (κ2) is 7.66. The Morgan fingerprint density at radius 3 is 2.65 bits per heavy atom. The summed E-state index contributed by atoms with van der Waals surface area (Å²) < 4.78 is 12.5. The van der Waals surface area contributed by atoms with E-state index < -0.39 is 5.97 Å². The second-order valence-corrected chi connectivity index (χ2v) is 3.92. The van der Waals surface area contributed by atoms with E-state index >= 15 is 0 Å². The Balaban J connectivity index is 2.99. The van der Waals surface area contributed by atoms with Crippen molar-refractivity contribution in [2.45, 2.75) is 32.6 Å². The lowest BCUT2D eigenvalue weighted by Crippen LogP contribution is -1.97. The van der Waals surface area contributed by atoms with Crippen LogP contribution in [0.1, 0.15) is 39.5 Å².